The van der Waals surface area contributed by atoms with Gasteiger partial charge in [0.2, 0.25) is 0 Å². The van der Waals surface area contributed by atoms with Gasteiger partial charge in [0.1, 0.15) is 0 Å². The standard InChI is InChI=1S/C11H21N3O4S/c1-19(18)8-2-3-12-11(17)14-6-4-13(5-7-14)9-10(15)16/h2-9H2,1H3,(H,12,17)(H,15,16). The fraction of sp³-hybridized carbons (Fsp3) is 0.818. The molecule has 0 aromatic heterocycles. The SMILES string of the molecule is CS(=O)CCCNC(=O)N1CCN(CC(=O)O)CC1. The van der Waals surface area contributed by atoms with Gasteiger partial charge in [0.15, 0.2) is 0 Å². The highest BCUT2D eigenvalue weighted by molar-refractivity contribution is 7.84. The number of hydrogen-bond donors (Lipinski definition) is 2. The number of rotatable bonds is 6. The summed E-state index contributed by atoms with van der Waals surface area (Å²) < 4.78 is 10.8. The fourth-order valence-electron chi connectivity index (χ4n) is 1.88. The number of carbonyl (C=O) groups excluding carboxylic acids is 1. The van der Waals surface area contributed by atoms with Gasteiger partial charge < -0.3 is 15.3 Å². The topological polar surface area (TPSA) is 90.0 Å². The molecule has 0 aromatic carbocycles. The first-order chi connectivity index (χ1) is 8.99. The third kappa shape index (κ3) is 6.53. The third-order valence-corrected chi connectivity index (χ3v) is 3.77. The Morgan fingerprint density at radius 3 is 2.42 bits per heavy atom. The molecule has 1 heterocycles. The van der Waals surface area contributed by atoms with Crippen molar-refractivity contribution in [3.8, 4) is 0 Å². The van der Waals surface area contributed by atoms with E-state index in [9.17, 15) is 13.8 Å². The van der Waals surface area contributed by atoms with E-state index in [4.69, 9.17) is 5.11 Å². The summed E-state index contributed by atoms with van der Waals surface area (Å²) in [7, 11) is -0.823. The first kappa shape index (κ1) is 15.9. The monoisotopic (exact) mass is 291 g/mol. The Bertz CT molecular complexity index is 343. The van der Waals surface area contributed by atoms with Crippen molar-refractivity contribution in [1.29, 1.82) is 0 Å². The van der Waals surface area contributed by atoms with E-state index in [-0.39, 0.29) is 12.6 Å². The van der Waals surface area contributed by atoms with Crippen molar-refractivity contribution in [2.45, 2.75) is 6.42 Å². The van der Waals surface area contributed by atoms with E-state index < -0.39 is 16.8 Å². The molecule has 1 aliphatic heterocycles. The first-order valence-electron chi connectivity index (χ1n) is 6.26. The van der Waals surface area contributed by atoms with Gasteiger partial charge in [0, 0.05) is 55.5 Å². The Morgan fingerprint density at radius 1 is 1.26 bits per heavy atom. The highest BCUT2D eigenvalue weighted by atomic mass is 32.2. The van der Waals surface area contributed by atoms with Crippen LogP contribution < -0.4 is 5.32 Å². The molecule has 1 aliphatic rings. The summed E-state index contributed by atoms with van der Waals surface area (Å²) in [6.07, 6.45) is 2.34. The van der Waals surface area contributed by atoms with Crippen LogP contribution in [0.25, 0.3) is 0 Å². The minimum absolute atomic E-state index is 0.0256. The van der Waals surface area contributed by atoms with Crippen LogP contribution >= 0.6 is 0 Å². The van der Waals surface area contributed by atoms with Crippen LogP contribution in [0.3, 0.4) is 0 Å². The molecule has 7 nitrogen and oxygen atoms in total. The zero-order valence-corrected chi connectivity index (χ0v) is 11.9. The second kappa shape index (κ2) is 8.11. The second-order valence-corrected chi connectivity index (χ2v) is 6.07. The molecule has 0 bridgehead atoms. The maximum atomic E-state index is 11.8. The van der Waals surface area contributed by atoms with Gasteiger partial charge in [0.05, 0.1) is 6.54 Å². The molecule has 1 unspecified atom stereocenters. The average Bonchev–Trinajstić information content (AvgIpc) is 2.34. The summed E-state index contributed by atoms with van der Waals surface area (Å²) >= 11 is 0. The molecule has 19 heavy (non-hydrogen) atoms. The van der Waals surface area contributed by atoms with E-state index in [1.165, 1.54) is 0 Å². The van der Waals surface area contributed by atoms with E-state index in [2.05, 4.69) is 5.32 Å². The Labute approximate surface area is 115 Å². The number of carbonyl (C=O) groups is 2. The lowest BCUT2D eigenvalue weighted by atomic mass is 10.3. The summed E-state index contributed by atoms with van der Waals surface area (Å²) in [5, 5.41) is 11.5. The van der Waals surface area contributed by atoms with Gasteiger partial charge in [-0.05, 0) is 6.42 Å². The van der Waals surface area contributed by atoms with Crippen LogP contribution in [0.15, 0.2) is 0 Å². The van der Waals surface area contributed by atoms with Crippen LogP contribution in [0.4, 0.5) is 4.79 Å². The first-order valence-corrected chi connectivity index (χ1v) is 7.98. The fourth-order valence-corrected chi connectivity index (χ4v) is 2.43. The molecule has 110 valence electrons. The van der Waals surface area contributed by atoms with E-state index in [1.54, 1.807) is 11.2 Å². The Hall–Kier alpha value is -1.15. The molecule has 0 aliphatic carbocycles. The molecule has 0 radical (unpaired) electrons. The van der Waals surface area contributed by atoms with Crippen molar-refractivity contribution in [2.24, 2.45) is 0 Å². The van der Waals surface area contributed by atoms with Gasteiger partial charge in [-0.3, -0.25) is 13.9 Å². The number of carboxylic acid groups (broad SMARTS) is 1. The van der Waals surface area contributed by atoms with Crippen LogP contribution in [-0.4, -0.2) is 82.4 Å². The van der Waals surface area contributed by atoms with Crippen LogP contribution in [0, 0.1) is 0 Å². The summed E-state index contributed by atoms with van der Waals surface area (Å²) in [6, 6.07) is -0.128. The normalized spacial score (nSPS) is 18.1. The Morgan fingerprint density at radius 2 is 1.89 bits per heavy atom. The van der Waals surface area contributed by atoms with Gasteiger partial charge in [-0.1, -0.05) is 0 Å². The maximum absolute atomic E-state index is 11.8. The van der Waals surface area contributed by atoms with E-state index in [0.717, 1.165) is 0 Å². The highest BCUT2D eigenvalue weighted by Gasteiger charge is 2.21. The number of nitrogens with one attached hydrogen (secondary N) is 1. The summed E-state index contributed by atoms with van der Waals surface area (Å²) in [6.45, 7) is 2.79. The number of nitrogens with zero attached hydrogens (tertiary/aromatic N) is 2. The molecule has 0 aromatic rings. The Kier molecular flexibility index (Phi) is 6.79. The molecular formula is C11H21N3O4S. The Balaban J connectivity index is 2.18. The quantitative estimate of drug-likeness (QED) is 0.623. The van der Waals surface area contributed by atoms with Crippen LogP contribution in [0.1, 0.15) is 6.42 Å². The molecule has 1 atom stereocenters. The van der Waals surface area contributed by atoms with E-state index in [0.29, 0.717) is 44.9 Å². The van der Waals surface area contributed by atoms with Crippen LogP contribution in [0.2, 0.25) is 0 Å². The van der Waals surface area contributed by atoms with Crippen molar-refractivity contribution in [2.75, 3.05) is 51.3 Å². The molecule has 1 saturated heterocycles. The van der Waals surface area contributed by atoms with E-state index in [1.807, 2.05) is 4.90 Å². The average molecular weight is 291 g/mol. The third-order valence-electron chi connectivity index (χ3n) is 2.90. The lowest BCUT2D eigenvalue weighted by Crippen LogP contribution is -2.52. The molecule has 0 spiro atoms. The van der Waals surface area contributed by atoms with Gasteiger partial charge in [-0.15, -0.1) is 0 Å². The molecule has 2 N–H and O–H groups in total. The van der Waals surface area contributed by atoms with Gasteiger partial charge in [-0.2, -0.15) is 0 Å². The number of aliphatic carboxylic acids is 1. The molecule has 2 amide bonds. The number of urea groups is 1. The number of amides is 2. The summed E-state index contributed by atoms with van der Waals surface area (Å²) in [5.74, 6) is -0.252. The van der Waals surface area contributed by atoms with Crippen molar-refractivity contribution in [3.05, 3.63) is 0 Å². The summed E-state index contributed by atoms with van der Waals surface area (Å²) in [4.78, 5) is 25.8. The zero-order chi connectivity index (χ0) is 14.3. The van der Waals surface area contributed by atoms with Gasteiger partial charge in [-0.25, -0.2) is 4.79 Å². The molecular weight excluding hydrogens is 270 g/mol. The van der Waals surface area contributed by atoms with Crippen molar-refractivity contribution < 1.29 is 18.9 Å². The molecule has 1 fully saturated rings. The predicted octanol–water partition coefficient (Wildman–Crippen LogP) is -0.833. The molecule has 1 rings (SSSR count). The predicted molar refractivity (Wildman–Crippen MR) is 72.6 cm³/mol. The number of carboxylic acids is 1. The van der Waals surface area contributed by atoms with E-state index >= 15 is 0 Å². The van der Waals surface area contributed by atoms with Crippen molar-refractivity contribution >= 4 is 22.8 Å². The number of hydrogen-bond acceptors (Lipinski definition) is 4. The van der Waals surface area contributed by atoms with Crippen LogP contribution in [0.5, 0.6) is 0 Å². The molecule has 0 saturated carbocycles. The lowest BCUT2D eigenvalue weighted by molar-refractivity contribution is -0.138. The van der Waals surface area contributed by atoms with Crippen LogP contribution in [-0.2, 0) is 15.6 Å². The zero-order valence-electron chi connectivity index (χ0n) is 11.1. The minimum atomic E-state index is -0.842. The van der Waals surface area contributed by atoms with Crippen molar-refractivity contribution in [1.82, 2.24) is 15.1 Å². The lowest BCUT2D eigenvalue weighted by Gasteiger charge is -2.33. The van der Waals surface area contributed by atoms with Crippen molar-refractivity contribution in [3.63, 3.8) is 0 Å². The highest BCUT2D eigenvalue weighted by Crippen LogP contribution is 2.01. The van der Waals surface area contributed by atoms with Gasteiger partial charge >= 0.3 is 12.0 Å². The largest absolute Gasteiger partial charge is 0.480 e. The molecule has 8 heteroatoms. The summed E-state index contributed by atoms with van der Waals surface area (Å²) in [5.41, 5.74) is 0. The van der Waals surface area contributed by atoms with Gasteiger partial charge in [0.25, 0.3) is 0 Å². The second-order valence-electron chi connectivity index (χ2n) is 4.52. The smallest absolute Gasteiger partial charge is 0.317 e. The number of piperazine rings is 1. The minimum Gasteiger partial charge on any atom is -0.480 e. The maximum Gasteiger partial charge on any atom is 0.317 e.